The van der Waals surface area contributed by atoms with E-state index in [1.807, 2.05) is 6.92 Å². The first-order chi connectivity index (χ1) is 8.70. The second-order valence-corrected chi connectivity index (χ2v) is 5.57. The third-order valence-electron chi connectivity index (χ3n) is 4.13. The topological polar surface area (TPSA) is 41.6 Å². The van der Waals surface area contributed by atoms with E-state index in [1.54, 1.807) is 0 Å². The Balaban J connectivity index is 1.77. The van der Waals surface area contributed by atoms with E-state index >= 15 is 0 Å². The fraction of sp³-hybridized carbons (Fsp3) is 0.929. The summed E-state index contributed by atoms with van der Waals surface area (Å²) in [6.07, 6.45) is 5.71. The largest absolute Gasteiger partial charge is 0.466 e. The quantitative estimate of drug-likeness (QED) is 0.756. The summed E-state index contributed by atoms with van der Waals surface area (Å²) in [5.41, 5.74) is 0. The lowest BCUT2D eigenvalue weighted by molar-refractivity contribution is -0.143. The highest BCUT2D eigenvalue weighted by Crippen LogP contribution is 2.27. The van der Waals surface area contributed by atoms with Crippen molar-refractivity contribution in [3.8, 4) is 0 Å². The molecule has 0 radical (unpaired) electrons. The predicted octanol–water partition coefficient (Wildman–Crippen LogP) is 1.54. The summed E-state index contributed by atoms with van der Waals surface area (Å²) >= 11 is 0. The Kier molecular flexibility index (Phi) is 5.01. The molecule has 2 aliphatic heterocycles. The Bertz CT molecular complexity index is 283. The molecule has 0 amide bonds. The molecule has 0 spiro atoms. The fourth-order valence-electron chi connectivity index (χ4n) is 3.34. The molecule has 3 unspecified atom stereocenters. The van der Waals surface area contributed by atoms with E-state index in [0.717, 1.165) is 0 Å². The number of fused-ring (bicyclic) bond motifs is 1. The van der Waals surface area contributed by atoms with Crippen molar-refractivity contribution in [1.29, 1.82) is 0 Å². The molecule has 18 heavy (non-hydrogen) atoms. The van der Waals surface area contributed by atoms with Gasteiger partial charge in [0, 0.05) is 24.7 Å². The number of rotatable bonds is 5. The van der Waals surface area contributed by atoms with Gasteiger partial charge in [0.05, 0.1) is 13.0 Å². The van der Waals surface area contributed by atoms with Gasteiger partial charge in [-0.2, -0.15) is 0 Å². The molecule has 3 atom stereocenters. The van der Waals surface area contributed by atoms with Crippen molar-refractivity contribution in [3.63, 3.8) is 0 Å². The summed E-state index contributed by atoms with van der Waals surface area (Å²) in [6.45, 7) is 6.89. The maximum Gasteiger partial charge on any atom is 0.307 e. The van der Waals surface area contributed by atoms with E-state index in [4.69, 9.17) is 4.74 Å². The molecular formula is C14H26N2O2. The van der Waals surface area contributed by atoms with E-state index in [-0.39, 0.29) is 12.0 Å². The number of piperidine rings is 1. The van der Waals surface area contributed by atoms with Gasteiger partial charge in [-0.15, -0.1) is 0 Å². The zero-order valence-electron chi connectivity index (χ0n) is 11.7. The SMILES string of the molecule is CCOC(=O)CC(C)NC1CCN2CCCCC12. The second-order valence-electron chi connectivity index (χ2n) is 5.57. The number of hydrogen-bond acceptors (Lipinski definition) is 4. The minimum Gasteiger partial charge on any atom is -0.466 e. The molecule has 0 aliphatic carbocycles. The lowest BCUT2D eigenvalue weighted by Crippen LogP contribution is -2.48. The van der Waals surface area contributed by atoms with Crippen LogP contribution in [0.25, 0.3) is 0 Å². The molecule has 2 aliphatic rings. The highest BCUT2D eigenvalue weighted by molar-refractivity contribution is 5.70. The van der Waals surface area contributed by atoms with Crippen LogP contribution in [0.3, 0.4) is 0 Å². The Morgan fingerprint density at radius 3 is 3.00 bits per heavy atom. The number of nitrogens with one attached hydrogen (secondary N) is 1. The molecule has 2 rings (SSSR count). The number of ether oxygens (including phenoxy) is 1. The van der Waals surface area contributed by atoms with Crippen LogP contribution in [0.2, 0.25) is 0 Å². The van der Waals surface area contributed by atoms with Gasteiger partial charge in [0.1, 0.15) is 0 Å². The minimum absolute atomic E-state index is 0.0870. The first kappa shape index (κ1) is 13.8. The molecule has 4 nitrogen and oxygen atoms in total. The number of carbonyl (C=O) groups is 1. The van der Waals surface area contributed by atoms with Crippen molar-refractivity contribution in [3.05, 3.63) is 0 Å². The highest BCUT2D eigenvalue weighted by atomic mass is 16.5. The summed E-state index contributed by atoms with van der Waals surface area (Å²) in [4.78, 5) is 14.0. The van der Waals surface area contributed by atoms with Crippen molar-refractivity contribution in [2.24, 2.45) is 0 Å². The van der Waals surface area contributed by atoms with Crippen LogP contribution in [0, 0.1) is 0 Å². The highest BCUT2D eigenvalue weighted by Gasteiger charge is 2.35. The average Bonchev–Trinajstić information content (AvgIpc) is 2.73. The zero-order chi connectivity index (χ0) is 13.0. The van der Waals surface area contributed by atoms with Crippen LogP contribution in [-0.4, -0.2) is 48.7 Å². The summed E-state index contributed by atoms with van der Waals surface area (Å²) in [5, 5.41) is 3.62. The van der Waals surface area contributed by atoms with Gasteiger partial charge in [-0.3, -0.25) is 9.69 Å². The average molecular weight is 254 g/mol. The van der Waals surface area contributed by atoms with Crippen LogP contribution in [-0.2, 0) is 9.53 Å². The molecule has 0 aromatic heterocycles. The van der Waals surface area contributed by atoms with E-state index in [2.05, 4.69) is 17.1 Å². The molecule has 2 saturated heterocycles. The van der Waals surface area contributed by atoms with Crippen molar-refractivity contribution in [2.45, 2.75) is 64.1 Å². The molecule has 2 fully saturated rings. The first-order valence-electron chi connectivity index (χ1n) is 7.36. The van der Waals surface area contributed by atoms with Crippen molar-refractivity contribution < 1.29 is 9.53 Å². The van der Waals surface area contributed by atoms with Gasteiger partial charge < -0.3 is 10.1 Å². The molecule has 0 aromatic rings. The van der Waals surface area contributed by atoms with Crippen LogP contribution in [0.5, 0.6) is 0 Å². The fourth-order valence-corrected chi connectivity index (χ4v) is 3.34. The molecule has 2 heterocycles. The minimum atomic E-state index is -0.0870. The van der Waals surface area contributed by atoms with E-state index in [9.17, 15) is 4.79 Å². The number of esters is 1. The smallest absolute Gasteiger partial charge is 0.307 e. The lowest BCUT2D eigenvalue weighted by Gasteiger charge is -2.33. The molecule has 104 valence electrons. The van der Waals surface area contributed by atoms with Gasteiger partial charge in [-0.05, 0) is 39.7 Å². The predicted molar refractivity (Wildman–Crippen MR) is 71.5 cm³/mol. The van der Waals surface area contributed by atoms with Gasteiger partial charge in [0.15, 0.2) is 0 Å². The maximum absolute atomic E-state index is 11.4. The normalized spacial score (nSPS) is 29.9. The lowest BCUT2D eigenvalue weighted by atomic mass is 9.98. The number of carbonyl (C=O) groups excluding carboxylic acids is 1. The van der Waals surface area contributed by atoms with Crippen LogP contribution >= 0.6 is 0 Å². The van der Waals surface area contributed by atoms with Crippen LogP contribution in [0.4, 0.5) is 0 Å². The monoisotopic (exact) mass is 254 g/mol. The Morgan fingerprint density at radius 1 is 1.39 bits per heavy atom. The maximum atomic E-state index is 11.4. The summed E-state index contributed by atoms with van der Waals surface area (Å²) in [7, 11) is 0. The Morgan fingerprint density at radius 2 is 2.22 bits per heavy atom. The second kappa shape index (κ2) is 6.53. The standard InChI is InChI=1S/C14H26N2O2/c1-3-18-14(17)10-11(2)15-12-7-9-16-8-5-4-6-13(12)16/h11-13,15H,3-10H2,1-2H3. The number of hydrogen-bond donors (Lipinski definition) is 1. The molecular weight excluding hydrogens is 228 g/mol. The van der Waals surface area contributed by atoms with Crippen LogP contribution in [0.1, 0.15) is 46.0 Å². The summed E-state index contributed by atoms with van der Waals surface area (Å²) in [5.74, 6) is -0.0870. The van der Waals surface area contributed by atoms with E-state index in [0.29, 0.717) is 25.1 Å². The van der Waals surface area contributed by atoms with Gasteiger partial charge in [-0.25, -0.2) is 0 Å². The summed E-state index contributed by atoms with van der Waals surface area (Å²) in [6, 6.07) is 1.48. The first-order valence-corrected chi connectivity index (χ1v) is 7.36. The van der Waals surface area contributed by atoms with Crippen molar-refractivity contribution in [2.75, 3.05) is 19.7 Å². The Labute approximate surface area is 110 Å². The molecule has 0 saturated carbocycles. The molecule has 0 aromatic carbocycles. The van der Waals surface area contributed by atoms with Gasteiger partial charge in [-0.1, -0.05) is 6.42 Å². The van der Waals surface area contributed by atoms with Crippen molar-refractivity contribution in [1.82, 2.24) is 10.2 Å². The van der Waals surface area contributed by atoms with E-state index < -0.39 is 0 Å². The van der Waals surface area contributed by atoms with Crippen LogP contribution < -0.4 is 5.32 Å². The van der Waals surface area contributed by atoms with E-state index in [1.165, 1.54) is 38.8 Å². The van der Waals surface area contributed by atoms with Gasteiger partial charge in [0.2, 0.25) is 0 Å². The third-order valence-corrected chi connectivity index (χ3v) is 4.13. The zero-order valence-corrected chi connectivity index (χ0v) is 11.7. The van der Waals surface area contributed by atoms with Crippen molar-refractivity contribution >= 4 is 5.97 Å². The third kappa shape index (κ3) is 3.45. The molecule has 0 bridgehead atoms. The summed E-state index contributed by atoms with van der Waals surface area (Å²) < 4.78 is 4.99. The Hall–Kier alpha value is -0.610. The van der Waals surface area contributed by atoms with Crippen LogP contribution in [0.15, 0.2) is 0 Å². The number of nitrogens with zero attached hydrogens (tertiary/aromatic N) is 1. The molecule has 4 heteroatoms. The van der Waals surface area contributed by atoms with Gasteiger partial charge >= 0.3 is 5.97 Å². The molecule has 1 N–H and O–H groups in total. The van der Waals surface area contributed by atoms with Gasteiger partial charge in [0.25, 0.3) is 0 Å².